The lowest BCUT2D eigenvalue weighted by Gasteiger charge is -2.36. The van der Waals surface area contributed by atoms with Crippen molar-refractivity contribution in [1.82, 2.24) is 10.2 Å². The van der Waals surface area contributed by atoms with Gasteiger partial charge in [0.05, 0.1) is 4.47 Å². The number of piperazine rings is 1. The molecule has 0 radical (unpaired) electrons. The van der Waals surface area contributed by atoms with E-state index in [9.17, 15) is 4.39 Å². The zero-order valence-electron chi connectivity index (χ0n) is 13.1. The molecule has 22 heavy (non-hydrogen) atoms. The molecule has 1 N–H and O–H groups in total. The van der Waals surface area contributed by atoms with Crippen LogP contribution in [-0.2, 0) is 0 Å². The molecule has 2 nitrogen and oxygen atoms in total. The third-order valence-electron chi connectivity index (χ3n) is 3.95. The van der Waals surface area contributed by atoms with Gasteiger partial charge in [0.1, 0.15) is 5.82 Å². The summed E-state index contributed by atoms with van der Waals surface area (Å²) < 4.78 is 15.0. The van der Waals surface area contributed by atoms with E-state index in [1.165, 1.54) is 0 Å². The molecule has 0 unspecified atom stereocenters. The van der Waals surface area contributed by atoms with E-state index in [2.05, 4.69) is 40.0 Å². The maximum absolute atomic E-state index is 14.4. The third kappa shape index (κ3) is 5.97. The van der Waals surface area contributed by atoms with Crippen LogP contribution in [0, 0.1) is 11.7 Å². The lowest BCUT2D eigenvalue weighted by molar-refractivity contribution is 0.156. The Balaban J connectivity index is 0.00000220. The molecule has 1 aliphatic heterocycles. The molecule has 1 aliphatic rings. The number of benzene rings is 1. The van der Waals surface area contributed by atoms with E-state index in [0.717, 1.165) is 44.6 Å². The van der Waals surface area contributed by atoms with Crippen molar-refractivity contribution in [2.75, 3.05) is 26.2 Å². The Morgan fingerprint density at radius 1 is 1.18 bits per heavy atom. The van der Waals surface area contributed by atoms with E-state index < -0.39 is 0 Å². The largest absolute Gasteiger partial charge is 0.314 e. The SMILES string of the molecule is CC(C)CC[C@@H](c1cccc(Br)c1F)N1CCNCC1.Cl.Cl. The Bertz CT molecular complexity index is 440. The van der Waals surface area contributed by atoms with E-state index in [1.54, 1.807) is 6.07 Å². The number of hydrogen-bond acceptors (Lipinski definition) is 2. The van der Waals surface area contributed by atoms with Crippen molar-refractivity contribution in [3.05, 3.63) is 34.1 Å². The molecule has 0 bridgehead atoms. The second-order valence-corrected chi connectivity index (χ2v) is 6.77. The molecule has 1 heterocycles. The third-order valence-corrected chi connectivity index (χ3v) is 4.56. The summed E-state index contributed by atoms with van der Waals surface area (Å²) in [7, 11) is 0. The lowest BCUT2D eigenvalue weighted by atomic mass is 9.95. The van der Waals surface area contributed by atoms with E-state index >= 15 is 0 Å². The minimum absolute atomic E-state index is 0. The highest BCUT2D eigenvalue weighted by Gasteiger charge is 2.25. The van der Waals surface area contributed by atoms with Gasteiger partial charge in [-0.25, -0.2) is 4.39 Å². The molecule has 0 aliphatic carbocycles. The first-order valence-corrected chi connectivity index (χ1v) is 8.27. The maximum atomic E-state index is 14.4. The number of rotatable bonds is 5. The van der Waals surface area contributed by atoms with Gasteiger partial charge in [-0.15, -0.1) is 24.8 Å². The van der Waals surface area contributed by atoms with Crippen molar-refractivity contribution in [3.63, 3.8) is 0 Å². The first-order chi connectivity index (χ1) is 9.59. The second kappa shape index (κ2) is 10.8. The average molecular weight is 416 g/mol. The highest BCUT2D eigenvalue weighted by Crippen LogP contribution is 2.32. The Hall–Kier alpha value is 0.130. The Labute approximate surface area is 154 Å². The van der Waals surface area contributed by atoms with Crippen LogP contribution in [0.15, 0.2) is 22.7 Å². The van der Waals surface area contributed by atoms with Crippen LogP contribution < -0.4 is 5.32 Å². The van der Waals surface area contributed by atoms with E-state index in [1.807, 2.05) is 12.1 Å². The summed E-state index contributed by atoms with van der Waals surface area (Å²) in [6.45, 7) is 8.43. The van der Waals surface area contributed by atoms with Gasteiger partial charge in [-0.2, -0.15) is 0 Å². The summed E-state index contributed by atoms with van der Waals surface area (Å²) >= 11 is 3.31. The van der Waals surface area contributed by atoms with Crippen LogP contribution in [0.3, 0.4) is 0 Å². The molecule has 6 heteroatoms. The van der Waals surface area contributed by atoms with Crippen LogP contribution in [-0.4, -0.2) is 31.1 Å². The molecule has 128 valence electrons. The monoisotopic (exact) mass is 414 g/mol. The van der Waals surface area contributed by atoms with Crippen LogP contribution >= 0.6 is 40.7 Å². The van der Waals surface area contributed by atoms with Gasteiger partial charge in [0.2, 0.25) is 0 Å². The average Bonchev–Trinajstić information content (AvgIpc) is 2.44. The number of nitrogens with zero attached hydrogens (tertiary/aromatic N) is 1. The minimum Gasteiger partial charge on any atom is -0.314 e. The normalized spacial score (nSPS) is 16.8. The molecule has 0 amide bonds. The van der Waals surface area contributed by atoms with Gasteiger partial charge in [0, 0.05) is 37.8 Å². The topological polar surface area (TPSA) is 15.3 Å². The van der Waals surface area contributed by atoms with Gasteiger partial charge in [-0.05, 0) is 40.8 Å². The molecule has 0 spiro atoms. The maximum Gasteiger partial charge on any atom is 0.142 e. The Kier molecular flexibility index (Phi) is 10.9. The standard InChI is InChI=1S/C16H24BrFN2.2ClH/c1-12(2)6-7-15(20-10-8-19-9-11-20)13-4-3-5-14(17)16(13)18;;/h3-5,12,15,19H,6-11H2,1-2H3;2*1H/t15-;;/m0../s1. The summed E-state index contributed by atoms with van der Waals surface area (Å²) in [5.74, 6) is 0.551. The quantitative estimate of drug-likeness (QED) is 0.741. The molecule has 0 saturated carbocycles. The second-order valence-electron chi connectivity index (χ2n) is 5.92. The summed E-state index contributed by atoms with van der Waals surface area (Å²) in [6, 6.07) is 5.84. The zero-order chi connectivity index (χ0) is 14.5. The molecule has 1 saturated heterocycles. The highest BCUT2D eigenvalue weighted by atomic mass is 79.9. The van der Waals surface area contributed by atoms with Crippen molar-refractivity contribution >= 4 is 40.7 Å². The molecule has 1 aromatic rings. The fraction of sp³-hybridized carbons (Fsp3) is 0.625. The minimum atomic E-state index is -0.0974. The van der Waals surface area contributed by atoms with Gasteiger partial charge in [-0.3, -0.25) is 4.90 Å². The van der Waals surface area contributed by atoms with Gasteiger partial charge in [-0.1, -0.05) is 26.0 Å². The first-order valence-electron chi connectivity index (χ1n) is 7.48. The lowest BCUT2D eigenvalue weighted by Crippen LogP contribution is -2.45. The van der Waals surface area contributed by atoms with Crippen molar-refractivity contribution in [1.29, 1.82) is 0 Å². The fourth-order valence-electron chi connectivity index (χ4n) is 2.80. The molecule has 1 aromatic carbocycles. The molecule has 1 fully saturated rings. The van der Waals surface area contributed by atoms with E-state index in [4.69, 9.17) is 0 Å². The summed E-state index contributed by atoms with van der Waals surface area (Å²) in [4.78, 5) is 2.42. The highest BCUT2D eigenvalue weighted by molar-refractivity contribution is 9.10. The smallest absolute Gasteiger partial charge is 0.142 e. The van der Waals surface area contributed by atoms with Crippen LogP contribution in [0.1, 0.15) is 38.3 Å². The predicted octanol–water partition coefficient (Wildman–Crippen LogP) is 4.81. The van der Waals surface area contributed by atoms with Crippen LogP contribution in [0.25, 0.3) is 0 Å². The van der Waals surface area contributed by atoms with Crippen molar-refractivity contribution in [2.24, 2.45) is 5.92 Å². The zero-order valence-corrected chi connectivity index (χ0v) is 16.4. The summed E-state index contributed by atoms with van der Waals surface area (Å²) in [6.07, 6.45) is 2.14. The number of halogens is 4. The van der Waals surface area contributed by atoms with E-state index in [0.29, 0.717) is 10.4 Å². The van der Waals surface area contributed by atoms with Crippen molar-refractivity contribution in [3.8, 4) is 0 Å². The van der Waals surface area contributed by atoms with Crippen LogP contribution in [0.4, 0.5) is 4.39 Å². The number of nitrogens with one attached hydrogen (secondary N) is 1. The van der Waals surface area contributed by atoms with Crippen LogP contribution in [0.2, 0.25) is 0 Å². The summed E-state index contributed by atoms with van der Waals surface area (Å²) in [5.41, 5.74) is 0.835. The Morgan fingerprint density at radius 3 is 2.41 bits per heavy atom. The predicted molar refractivity (Wildman–Crippen MR) is 99.9 cm³/mol. The molecule has 0 aromatic heterocycles. The summed E-state index contributed by atoms with van der Waals surface area (Å²) in [5, 5.41) is 3.37. The van der Waals surface area contributed by atoms with E-state index in [-0.39, 0.29) is 36.7 Å². The van der Waals surface area contributed by atoms with Gasteiger partial charge < -0.3 is 5.32 Å². The Morgan fingerprint density at radius 2 is 1.82 bits per heavy atom. The van der Waals surface area contributed by atoms with Gasteiger partial charge in [0.25, 0.3) is 0 Å². The molecular weight excluding hydrogens is 390 g/mol. The molecular formula is C16H26BrCl2FN2. The fourth-order valence-corrected chi connectivity index (χ4v) is 3.18. The van der Waals surface area contributed by atoms with Gasteiger partial charge >= 0.3 is 0 Å². The molecule has 2 rings (SSSR count). The number of hydrogen-bond donors (Lipinski definition) is 1. The first kappa shape index (κ1) is 22.1. The molecule has 1 atom stereocenters. The van der Waals surface area contributed by atoms with Crippen molar-refractivity contribution in [2.45, 2.75) is 32.7 Å². The van der Waals surface area contributed by atoms with Crippen LogP contribution in [0.5, 0.6) is 0 Å². The van der Waals surface area contributed by atoms with Gasteiger partial charge in [0.15, 0.2) is 0 Å². The van der Waals surface area contributed by atoms with Crippen molar-refractivity contribution < 1.29 is 4.39 Å².